The first-order valence-corrected chi connectivity index (χ1v) is 6.22. The monoisotopic (exact) mass is 276 g/mol. The molecule has 0 radical (unpaired) electrons. The van der Waals surface area contributed by atoms with E-state index in [0.717, 1.165) is 0 Å². The van der Waals surface area contributed by atoms with E-state index in [-0.39, 0.29) is 19.0 Å². The van der Waals surface area contributed by atoms with Gasteiger partial charge in [0.25, 0.3) is 0 Å². The summed E-state index contributed by atoms with van der Waals surface area (Å²) in [4.78, 5) is 12.2. The number of halogens is 1. The highest BCUT2D eigenvalue weighted by Crippen LogP contribution is 2.17. The summed E-state index contributed by atoms with van der Waals surface area (Å²) in [5.41, 5.74) is 1.17. The first-order chi connectivity index (χ1) is 9.20. The Bertz CT molecular complexity index is 547. The molecule has 0 saturated heterocycles. The normalized spacial score (nSPS) is 10.2. The van der Waals surface area contributed by atoms with Gasteiger partial charge >= 0.3 is 0 Å². The lowest BCUT2D eigenvalue weighted by Crippen LogP contribution is -2.03. The molecule has 0 saturated carbocycles. The molecule has 98 valence electrons. The lowest BCUT2D eigenvalue weighted by Gasteiger charge is -2.05. The predicted molar refractivity (Wildman–Crippen MR) is 73.9 cm³/mol. The smallest absolute Gasteiger partial charge is 0.193 e. The maximum atomic E-state index is 12.2. The largest absolute Gasteiger partial charge is 0.491 e. The molecule has 0 atom stereocenters. The molecule has 0 aromatic heterocycles. The van der Waals surface area contributed by atoms with Crippen molar-refractivity contribution in [1.29, 1.82) is 0 Å². The molecule has 0 bridgehead atoms. The number of carbonyl (C=O) groups is 1. The van der Waals surface area contributed by atoms with E-state index in [1.54, 1.807) is 48.5 Å². The van der Waals surface area contributed by atoms with Gasteiger partial charge in [0.05, 0.1) is 6.61 Å². The predicted octanol–water partition coefficient (Wildman–Crippen LogP) is 2.94. The molecule has 2 aromatic rings. The van der Waals surface area contributed by atoms with Crippen molar-refractivity contribution < 1.29 is 14.6 Å². The Hall–Kier alpha value is -1.84. The molecule has 4 heteroatoms. The molecule has 0 amide bonds. The van der Waals surface area contributed by atoms with Crippen LogP contribution in [0, 0.1) is 0 Å². The zero-order chi connectivity index (χ0) is 13.7. The molecule has 0 unspecified atom stereocenters. The van der Waals surface area contributed by atoms with E-state index >= 15 is 0 Å². The fourth-order valence-corrected chi connectivity index (χ4v) is 1.76. The van der Waals surface area contributed by atoms with Crippen molar-refractivity contribution in [2.24, 2.45) is 0 Å². The zero-order valence-electron chi connectivity index (χ0n) is 10.2. The summed E-state index contributed by atoms with van der Waals surface area (Å²) in [6.07, 6.45) is 0. The second-order valence-electron chi connectivity index (χ2n) is 3.93. The molecule has 19 heavy (non-hydrogen) atoms. The Morgan fingerprint density at radius 3 is 2.05 bits per heavy atom. The van der Waals surface area contributed by atoms with Gasteiger partial charge in [0.1, 0.15) is 12.4 Å². The number of benzene rings is 2. The van der Waals surface area contributed by atoms with Gasteiger partial charge in [-0.2, -0.15) is 0 Å². The molecule has 3 nitrogen and oxygen atoms in total. The summed E-state index contributed by atoms with van der Waals surface area (Å²) < 4.78 is 5.23. The number of aliphatic hydroxyl groups excluding tert-OH is 1. The van der Waals surface area contributed by atoms with Crippen molar-refractivity contribution in [3.63, 3.8) is 0 Å². The average Bonchev–Trinajstić information content (AvgIpc) is 2.46. The van der Waals surface area contributed by atoms with Crippen molar-refractivity contribution in [1.82, 2.24) is 0 Å². The minimum atomic E-state index is -0.0645. The molecule has 0 heterocycles. The highest BCUT2D eigenvalue weighted by molar-refractivity contribution is 6.30. The second kappa shape index (κ2) is 6.36. The molecule has 0 fully saturated rings. The van der Waals surface area contributed by atoms with Gasteiger partial charge in [-0.3, -0.25) is 4.79 Å². The number of hydrogen-bond acceptors (Lipinski definition) is 3. The summed E-state index contributed by atoms with van der Waals surface area (Å²) in [6.45, 7) is 0.204. The number of rotatable bonds is 5. The summed E-state index contributed by atoms with van der Waals surface area (Å²) in [5.74, 6) is 0.562. The Kier molecular flexibility index (Phi) is 4.55. The van der Waals surface area contributed by atoms with E-state index in [1.807, 2.05) is 0 Å². The van der Waals surface area contributed by atoms with E-state index in [9.17, 15) is 4.79 Å². The SMILES string of the molecule is O=C(c1ccc(Cl)cc1)c1ccc(OCCO)cc1. The molecule has 0 aliphatic rings. The minimum absolute atomic E-state index is 0.0363. The van der Waals surface area contributed by atoms with E-state index < -0.39 is 0 Å². The molecule has 1 N–H and O–H groups in total. The van der Waals surface area contributed by atoms with Gasteiger partial charge in [0.15, 0.2) is 5.78 Å². The van der Waals surface area contributed by atoms with Crippen LogP contribution in [0.5, 0.6) is 5.75 Å². The third-order valence-corrected chi connectivity index (χ3v) is 2.83. The number of hydrogen-bond donors (Lipinski definition) is 1. The first kappa shape index (κ1) is 13.6. The third-order valence-electron chi connectivity index (χ3n) is 2.58. The van der Waals surface area contributed by atoms with Crippen LogP contribution in [0.4, 0.5) is 0 Å². The molecule has 0 spiro atoms. The lowest BCUT2D eigenvalue weighted by atomic mass is 10.0. The zero-order valence-corrected chi connectivity index (χ0v) is 10.9. The molecule has 0 aliphatic heterocycles. The fraction of sp³-hybridized carbons (Fsp3) is 0.133. The molecule has 2 aromatic carbocycles. The molecular weight excluding hydrogens is 264 g/mol. The summed E-state index contributed by atoms with van der Waals surface area (Å²) in [6, 6.07) is 13.6. The lowest BCUT2D eigenvalue weighted by molar-refractivity contribution is 0.103. The summed E-state index contributed by atoms with van der Waals surface area (Å²) in [7, 11) is 0. The average molecular weight is 277 g/mol. The Morgan fingerprint density at radius 2 is 1.53 bits per heavy atom. The van der Waals surface area contributed by atoms with Crippen molar-refractivity contribution in [3.8, 4) is 5.75 Å². The van der Waals surface area contributed by atoms with Crippen molar-refractivity contribution >= 4 is 17.4 Å². The summed E-state index contributed by atoms with van der Waals surface area (Å²) >= 11 is 5.78. The number of aliphatic hydroxyl groups is 1. The Morgan fingerprint density at radius 1 is 1.00 bits per heavy atom. The van der Waals surface area contributed by atoms with Gasteiger partial charge in [0, 0.05) is 16.1 Å². The van der Waals surface area contributed by atoms with Crippen LogP contribution in [0.15, 0.2) is 48.5 Å². The Balaban J connectivity index is 2.13. The van der Waals surface area contributed by atoms with Crippen LogP contribution < -0.4 is 4.74 Å². The van der Waals surface area contributed by atoms with Crippen LogP contribution in [0.25, 0.3) is 0 Å². The van der Waals surface area contributed by atoms with Crippen LogP contribution in [0.3, 0.4) is 0 Å². The second-order valence-corrected chi connectivity index (χ2v) is 4.37. The van der Waals surface area contributed by atoms with Gasteiger partial charge in [-0.15, -0.1) is 0 Å². The van der Waals surface area contributed by atoms with Gasteiger partial charge in [-0.1, -0.05) is 11.6 Å². The van der Waals surface area contributed by atoms with Crippen molar-refractivity contribution in [2.75, 3.05) is 13.2 Å². The number of carbonyl (C=O) groups excluding carboxylic acids is 1. The van der Waals surface area contributed by atoms with E-state index in [1.165, 1.54) is 0 Å². The topological polar surface area (TPSA) is 46.5 Å². The molecule has 2 rings (SSSR count). The van der Waals surface area contributed by atoms with E-state index in [0.29, 0.717) is 21.9 Å². The van der Waals surface area contributed by atoms with Crippen LogP contribution in [-0.2, 0) is 0 Å². The van der Waals surface area contributed by atoms with Gasteiger partial charge in [-0.05, 0) is 48.5 Å². The van der Waals surface area contributed by atoms with Crippen LogP contribution >= 0.6 is 11.6 Å². The van der Waals surface area contributed by atoms with Gasteiger partial charge < -0.3 is 9.84 Å². The third kappa shape index (κ3) is 3.56. The maximum Gasteiger partial charge on any atom is 0.193 e. The van der Waals surface area contributed by atoms with Crippen LogP contribution in [0.1, 0.15) is 15.9 Å². The quantitative estimate of drug-likeness (QED) is 0.854. The van der Waals surface area contributed by atoms with Crippen LogP contribution in [0.2, 0.25) is 5.02 Å². The van der Waals surface area contributed by atoms with Crippen LogP contribution in [-0.4, -0.2) is 24.1 Å². The summed E-state index contributed by atoms with van der Waals surface area (Å²) in [5, 5.41) is 9.25. The highest BCUT2D eigenvalue weighted by Gasteiger charge is 2.08. The Labute approximate surface area is 116 Å². The van der Waals surface area contributed by atoms with Gasteiger partial charge in [0.2, 0.25) is 0 Å². The number of ether oxygens (including phenoxy) is 1. The minimum Gasteiger partial charge on any atom is -0.491 e. The molecular formula is C15H13ClO3. The fourth-order valence-electron chi connectivity index (χ4n) is 1.63. The number of ketones is 1. The van der Waals surface area contributed by atoms with Crippen molar-refractivity contribution in [2.45, 2.75) is 0 Å². The van der Waals surface area contributed by atoms with Gasteiger partial charge in [-0.25, -0.2) is 0 Å². The highest BCUT2D eigenvalue weighted by atomic mass is 35.5. The maximum absolute atomic E-state index is 12.2. The molecule has 0 aliphatic carbocycles. The first-order valence-electron chi connectivity index (χ1n) is 5.84. The standard InChI is InChI=1S/C15H13ClO3/c16-13-5-1-11(2-6-13)15(18)12-3-7-14(8-4-12)19-10-9-17/h1-8,17H,9-10H2. The van der Waals surface area contributed by atoms with E-state index in [2.05, 4.69) is 0 Å². The van der Waals surface area contributed by atoms with Crippen molar-refractivity contribution in [3.05, 3.63) is 64.7 Å². The van der Waals surface area contributed by atoms with E-state index in [4.69, 9.17) is 21.4 Å².